The van der Waals surface area contributed by atoms with E-state index in [1.807, 2.05) is 0 Å². The summed E-state index contributed by atoms with van der Waals surface area (Å²) >= 11 is 11.8. The van der Waals surface area contributed by atoms with E-state index in [4.69, 9.17) is 29.6 Å². The molecule has 0 aliphatic rings. The van der Waals surface area contributed by atoms with Gasteiger partial charge in [0.15, 0.2) is 5.84 Å². The molecule has 26 heavy (non-hydrogen) atoms. The number of hydrogen-bond acceptors (Lipinski definition) is 3. The maximum atomic E-state index is 12.8. The molecule has 0 aliphatic heterocycles. The molecule has 2 aromatic carbocycles. The SMILES string of the molecule is C#Cc1ccc(N=C(NNc2ccc(Cl)cc2)C(=O)C(C)(C)CCl)cc1. The highest BCUT2D eigenvalue weighted by Crippen LogP contribution is 2.21. The van der Waals surface area contributed by atoms with Gasteiger partial charge in [0.05, 0.1) is 11.4 Å². The van der Waals surface area contributed by atoms with Crippen LogP contribution in [-0.4, -0.2) is 17.5 Å². The summed E-state index contributed by atoms with van der Waals surface area (Å²) in [6.45, 7) is 3.53. The second-order valence-electron chi connectivity index (χ2n) is 6.26. The molecule has 2 N–H and O–H groups in total. The predicted molar refractivity (Wildman–Crippen MR) is 109 cm³/mol. The van der Waals surface area contributed by atoms with Gasteiger partial charge in [-0.25, -0.2) is 4.99 Å². The van der Waals surface area contributed by atoms with E-state index in [9.17, 15) is 4.79 Å². The van der Waals surface area contributed by atoms with Crippen molar-refractivity contribution in [3.05, 3.63) is 59.1 Å². The lowest BCUT2D eigenvalue weighted by Crippen LogP contribution is -2.43. The zero-order valence-corrected chi connectivity index (χ0v) is 16.0. The lowest BCUT2D eigenvalue weighted by atomic mass is 9.90. The van der Waals surface area contributed by atoms with E-state index >= 15 is 0 Å². The fourth-order valence-corrected chi connectivity index (χ4v) is 2.19. The first-order chi connectivity index (χ1) is 12.4. The minimum Gasteiger partial charge on any atom is -0.300 e. The van der Waals surface area contributed by atoms with Gasteiger partial charge in [0.1, 0.15) is 0 Å². The number of carbonyl (C=O) groups excluding carboxylic acids is 1. The fraction of sp³-hybridized carbons (Fsp3) is 0.200. The van der Waals surface area contributed by atoms with Crippen LogP contribution < -0.4 is 10.9 Å². The Morgan fingerprint density at radius 2 is 1.77 bits per heavy atom. The number of ketones is 1. The van der Waals surface area contributed by atoms with Crippen LogP contribution in [0.25, 0.3) is 0 Å². The van der Waals surface area contributed by atoms with Crippen LogP contribution in [0.5, 0.6) is 0 Å². The molecule has 0 amide bonds. The van der Waals surface area contributed by atoms with Gasteiger partial charge in [-0.2, -0.15) is 0 Å². The number of hydrogen-bond donors (Lipinski definition) is 2. The molecular weight excluding hydrogens is 369 g/mol. The number of alkyl halides is 1. The molecule has 134 valence electrons. The summed E-state index contributed by atoms with van der Waals surface area (Å²) in [6.07, 6.45) is 5.36. The summed E-state index contributed by atoms with van der Waals surface area (Å²) in [5, 5.41) is 0.623. The summed E-state index contributed by atoms with van der Waals surface area (Å²) in [5.41, 5.74) is 7.15. The number of amidine groups is 1. The maximum Gasteiger partial charge on any atom is 0.206 e. The number of halogens is 2. The van der Waals surface area contributed by atoms with Gasteiger partial charge in [-0.15, -0.1) is 18.0 Å². The first kappa shape index (κ1) is 19.8. The second-order valence-corrected chi connectivity index (χ2v) is 6.96. The molecule has 4 nitrogen and oxygen atoms in total. The lowest BCUT2D eigenvalue weighted by molar-refractivity contribution is -0.119. The zero-order chi connectivity index (χ0) is 19.2. The summed E-state index contributed by atoms with van der Waals surface area (Å²) in [6, 6.07) is 14.1. The highest BCUT2D eigenvalue weighted by molar-refractivity contribution is 6.42. The molecule has 2 aromatic rings. The van der Waals surface area contributed by atoms with Crippen LogP contribution >= 0.6 is 23.2 Å². The molecular formula is C20H19Cl2N3O. The van der Waals surface area contributed by atoms with Crippen molar-refractivity contribution in [1.82, 2.24) is 5.43 Å². The Hall–Kier alpha value is -2.48. The minimum atomic E-state index is -0.770. The average molecular weight is 388 g/mol. The Balaban J connectivity index is 2.28. The number of nitrogens with zero attached hydrogens (tertiary/aromatic N) is 1. The number of carbonyl (C=O) groups is 1. The van der Waals surface area contributed by atoms with Gasteiger partial charge in [-0.3, -0.25) is 15.6 Å². The number of anilines is 1. The van der Waals surface area contributed by atoms with Crippen molar-refractivity contribution in [3.63, 3.8) is 0 Å². The van der Waals surface area contributed by atoms with Crippen LogP contribution in [0.3, 0.4) is 0 Å². The third kappa shape index (κ3) is 5.26. The molecule has 6 heteroatoms. The van der Waals surface area contributed by atoms with Crippen molar-refractivity contribution in [2.75, 3.05) is 11.3 Å². The van der Waals surface area contributed by atoms with Crippen molar-refractivity contribution in [2.24, 2.45) is 10.4 Å². The second kappa shape index (κ2) is 8.75. The standard InChI is InChI=1S/C20H19Cl2N3O/c1-4-14-5-9-16(10-6-14)23-19(18(26)20(2,3)13-21)25-24-17-11-7-15(22)8-12-17/h1,5-12,24H,13H2,2-3H3,(H,23,25). The number of hydrazine groups is 1. The molecule has 0 unspecified atom stereocenters. The number of nitrogens with one attached hydrogen (secondary N) is 2. The molecule has 0 radical (unpaired) electrons. The number of benzene rings is 2. The van der Waals surface area contributed by atoms with Crippen molar-refractivity contribution in [3.8, 4) is 12.3 Å². The van der Waals surface area contributed by atoms with Gasteiger partial charge < -0.3 is 0 Å². The molecule has 0 aliphatic carbocycles. The van der Waals surface area contributed by atoms with E-state index in [0.717, 1.165) is 11.3 Å². The molecule has 0 aromatic heterocycles. The van der Waals surface area contributed by atoms with E-state index in [0.29, 0.717) is 10.7 Å². The Morgan fingerprint density at radius 1 is 1.15 bits per heavy atom. The predicted octanol–water partition coefficient (Wildman–Crippen LogP) is 4.80. The summed E-state index contributed by atoms with van der Waals surface area (Å²) in [7, 11) is 0. The van der Waals surface area contributed by atoms with Crippen LogP contribution in [0.15, 0.2) is 53.5 Å². The van der Waals surface area contributed by atoms with Crippen molar-refractivity contribution < 1.29 is 4.79 Å². The van der Waals surface area contributed by atoms with Crippen molar-refractivity contribution in [1.29, 1.82) is 0 Å². The van der Waals surface area contributed by atoms with Crippen LogP contribution in [0.1, 0.15) is 19.4 Å². The van der Waals surface area contributed by atoms with Crippen LogP contribution in [0, 0.1) is 17.8 Å². The highest BCUT2D eigenvalue weighted by atomic mass is 35.5. The maximum absolute atomic E-state index is 12.8. The van der Waals surface area contributed by atoms with Crippen molar-refractivity contribution >= 4 is 46.2 Å². The Morgan fingerprint density at radius 3 is 2.31 bits per heavy atom. The molecule has 0 saturated carbocycles. The van der Waals surface area contributed by atoms with Crippen LogP contribution in [0.4, 0.5) is 11.4 Å². The topological polar surface area (TPSA) is 53.5 Å². The van der Waals surface area contributed by atoms with E-state index < -0.39 is 5.41 Å². The van der Waals surface area contributed by atoms with Gasteiger partial charge in [0, 0.05) is 21.9 Å². The van der Waals surface area contributed by atoms with Gasteiger partial charge in [0.2, 0.25) is 5.78 Å². The average Bonchev–Trinajstić information content (AvgIpc) is 2.66. The zero-order valence-electron chi connectivity index (χ0n) is 14.5. The number of Topliss-reactive ketones (excluding diaryl/α,β-unsaturated/α-hetero) is 1. The van der Waals surface area contributed by atoms with E-state index in [2.05, 4.69) is 21.8 Å². The van der Waals surface area contributed by atoms with Gasteiger partial charge >= 0.3 is 0 Å². The molecule has 0 heterocycles. The first-order valence-corrected chi connectivity index (χ1v) is 8.81. The minimum absolute atomic E-state index is 0.152. The lowest BCUT2D eigenvalue weighted by Gasteiger charge is -2.22. The molecule has 0 fully saturated rings. The number of aliphatic imine (C=N–C) groups is 1. The summed E-state index contributed by atoms with van der Waals surface area (Å²) in [5.74, 6) is 2.65. The van der Waals surface area contributed by atoms with E-state index in [1.54, 1.807) is 62.4 Å². The van der Waals surface area contributed by atoms with Gasteiger partial charge in [-0.1, -0.05) is 31.4 Å². The largest absolute Gasteiger partial charge is 0.300 e. The molecule has 0 spiro atoms. The Bertz CT molecular complexity index is 835. The number of terminal acetylenes is 1. The third-order valence-electron chi connectivity index (χ3n) is 3.61. The van der Waals surface area contributed by atoms with E-state index in [1.165, 1.54) is 0 Å². The third-order valence-corrected chi connectivity index (χ3v) is 4.53. The monoisotopic (exact) mass is 387 g/mol. The first-order valence-electron chi connectivity index (χ1n) is 7.89. The van der Waals surface area contributed by atoms with Gasteiger partial charge in [0.25, 0.3) is 0 Å². The fourth-order valence-electron chi connectivity index (χ4n) is 1.94. The smallest absolute Gasteiger partial charge is 0.206 e. The molecule has 2 rings (SSSR count). The van der Waals surface area contributed by atoms with Crippen molar-refractivity contribution in [2.45, 2.75) is 13.8 Å². The van der Waals surface area contributed by atoms with Crippen LogP contribution in [0.2, 0.25) is 5.02 Å². The number of rotatable bonds is 6. The Kier molecular flexibility index (Phi) is 6.68. The highest BCUT2D eigenvalue weighted by Gasteiger charge is 2.30. The quantitative estimate of drug-likeness (QED) is 0.246. The summed E-state index contributed by atoms with van der Waals surface area (Å²) in [4.78, 5) is 17.2. The molecule has 0 saturated heterocycles. The Labute approximate surface area is 163 Å². The molecule has 0 atom stereocenters. The van der Waals surface area contributed by atoms with Gasteiger partial charge in [-0.05, 0) is 48.5 Å². The molecule has 0 bridgehead atoms. The normalized spacial score (nSPS) is 11.6. The summed E-state index contributed by atoms with van der Waals surface area (Å²) < 4.78 is 0. The van der Waals surface area contributed by atoms with Crippen LogP contribution in [-0.2, 0) is 4.79 Å². The van der Waals surface area contributed by atoms with E-state index in [-0.39, 0.29) is 17.5 Å².